The third-order valence-corrected chi connectivity index (χ3v) is 4.83. The largest absolute Gasteiger partial charge is 0.461 e. The normalized spacial score (nSPS) is 12.7. The lowest BCUT2D eigenvalue weighted by Crippen LogP contribution is -2.15. The van der Waals surface area contributed by atoms with Crippen LogP contribution in [0.25, 0.3) is 10.2 Å². The third-order valence-electron chi connectivity index (χ3n) is 3.49. The van der Waals surface area contributed by atoms with Crippen molar-refractivity contribution in [2.75, 3.05) is 11.9 Å². The Bertz CT molecular complexity index is 715. The number of fused-ring (bicyclic) bond motifs is 1. The van der Waals surface area contributed by atoms with Gasteiger partial charge in [-0.15, -0.1) is 11.3 Å². The van der Waals surface area contributed by atoms with Crippen molar-refractivity contribution in [1.82, 2.24) is 9.97 Å². The van der Waals surface area contributed by atoms with Gasteiger partial charge in [0.15, 0.2) is 0 Å². The zero-order valence-electron chi connectivity index (χ0n) is 14.1. The van der Waals surface area contributed by atoms with Crippen molar-refractivity contribution in [3.63, 3.8) is 0 Å². The van der Waals surface area contributed by atoms with Crippen LogP contribution in [0.4, 0.5) is 5.82 Å². The Morgan fingerprint density at radius 2 is 2.04 bits per heavy atom. The van der Waals surface area contributed by atoms with Gasteiger partial charge < -0.3 is 10.1 Å². The predicted molar refractivity (Wildman–Crippen MR) is 95.7 cm³/mol. The SMILES string of the molecule is CCC(C)Nc1nc(Cl)nc2sc(C(=O)OCC(C)C)c(C)c12. The predicted octanol–water partition coefficient (Wildman–Crippen LogP) is 4.68. The van der Waals surface area contributed by atoms with Gasteiger partial charge in [0.1, 0.15) is 15.5 Å². The van der Waals surface area contributed by atoms with Gasteiger partial charge >= 0.3 is 5.97 Å². The van der Waals surface area contributed by atoms with Crippen LogP contribution in [-0.2, 0) is 4.74 Å². The second-order valence-corrected chi connectivity index (χ2v) is 7.36. The number of ether oxygens (including phenoxy) is 1. The third kappa shape index (κ3) is 4.12. The molecule has 0 aliphatic rings. The molecule has 0 fully saturated rings. The number of hydrogen-bond acceptors (Lipinski definition) is 6. The van der Waals surface area contributed by atoms with Gasteiger partial charge in [0, 0.05) is 6.04 Å². The molecule has 2 aromatic rings. The van der Waals surface area contributed by atoms with Gasteiger partial charge in [0.25, 0.3) is 0 Å². The number of thiophene rings is 1. The van der Waals surface area contributed by atoms with Crippen molar-refractivity contribution in [3.8, 4) is 0 Å². The van der Waals surface area contributed by atoms with E-state index in [2.05, 4.69) is 29.1 Å². The molecule has 0 amide bonds. The number of nitrogens with zero attached hydrogens (tertiary/aromatic N) is 2. The number of anilines is 1. The average Bonchev–Trinajstić information content (AvgIpc) is 2.81. The van der Waals surface area contributed by atoms with Crippen LogP contribution in [-0.4, -0.2) is 28.6 Å². The summed E-state index contributed by atoms with van der Waals surface area (Å²) in [5.74, 6) is 0.654. The molecular formula is C16H22ClN3O2S. The Hall–Kier alpha value is -1.40. The van der Waals surface area contributed by atoms with E-state index in [1.54, 1.807) is 0 Å². The van der Waals surface area contributed by atoms with Gasteiger partial charge in [-0.2, -0.15) is 0 Å². The van der Waals surface area contributed by atoms with Crippen LogP contribution < -0.4 is 5.32 Å². The lowest BCUT2D eigenvalue weighted by molar-refractivity contribution is 0.0464. The lowest BCUT2D eigenvalue weighted by atomic mass is 10.2. The molecule has 0 saturated heterocycles. The highest BCUT2D eigenvalue weighted by Crippen LogP contribution is 2.35. The molecule has 126 valence electrons. The number of aryl methyl sites for hydroxylation is 1. The van der Waals surface area contributed by atoms with E-state index in [9.17, 15) is 4.79 Å². The van der Waals surface area contributed by atoms with E-state index >= 15 is 0 Å². The Morgan fingerprint density at radius 3 is 2.65 bits per heavy atom. The molecule has 1 unspecified atom stereocenters. The van der Waals surface area contributed by atoms with E-state index < -0.39 is 0 Å². The Balaban J connectivity index is 2.44. The van der Waals surface area contributed by atoms with Crippen molar-refractivity contribution in [2.45, 2.75) is 47.1 Å². The molecular weight excluding hydrogens is 334 g/mol. The number of aromatic nitrogens is 2. The van der Waals surface area contributed by atoms with Gasteiger partial charge in [0.2, 0.25) is 5.28 Å². The summed E-state index contributed by atoms with van der Waals surface area (Å²) >= 11 is 7.32. The van der Waals surface area contributed by atoms with Crippen molar-refractivity contribution >= 4 is 44.9 Å². The number of rotatable bonds is 6. The molecule has 7 heteroatoms. The zero-order chi connectivity index (χ0) is 17.1. The topological polar surface area (TPSA) is 64.1 Å². The highest BCUT2D eigenvalue weighted by molar-refractivity contribution is 7.20. The van der Waals surface area contributed by atoms with E-state index in [1.165, 1.54) is 11.3 Å². The quantitative estimate of drug-likeness (QED) is 0.602. The summed E-state index contributed by atoms with van der Waals surface area (Å²) in [7, 11) is 0. The summed E-state index contributed by atoms with van der Waals surface area (Å²) < 4.78 is 5.34. The maximum Gasteiger partial charge on any atom is 0.348 e. The van der Waals surface area contributed by atoms with Gasteiger partial charge in [-0.25, -0.2) is 14.8 Å². The summed E-state index contributed by atoms with van der Waals surface area (Å²) in [4.78, 5) is 22.1. The molecule has 2 heterocycles. The number of esters is 1. The molecule has 0 aromatic carbocycles. The van der Waals surface area contributed by atoms with Gasteiger partial charge in [-0.05, 0) is 43.4 Å². The standard InChI is InChI=1S/C16H22ClN3O2S/c1-6-9(4)18-13-11-10(5)12(15(21)22-7-8(2)3)23-14(11)20-16(17)19-13/h8-9H,6-7H2,1-5H3,(H,18,19,20). The molecule has 0 aliphatic heterocycles. The first-order chi connectivity index (χ1) is 10.8. The zero-order valence-corrected chi connectivity index (χ0v) is 15.6. The molecule has 0 radical (unpaired) electrons. The van der Waals surface area contributed by atoms with E-state index in [0.717, 1.165) is 17.4 Å². The first-order valence-electron chi connectivity index (χ1n) is 7.73. The minimum Gasteiger partial charge on any atom is -0.461 e. The molecule has 1 N–H and O–H groups in total. The van der Waals surface area contributed by atoms with Crippen molar-refractivity contribution in [2.24, 2.45) is 5.92 Å². The van der Waals surface area contributed by atoms with Crippen LogP contribution in [0.2, 0.25) is 5.28 Å². The molecule has 2 aromatic heterocycles. The smallest absolute Gasteiger partial charge is 0.348 e. The van der Waals surface area contributed by atoms with Crippen LogP contribution in [0.1, 0.15) is 49.4 Å². The van der Waals surface area contributed by atoms with Crippen molar-refractivity contribution in [1.29, 1.82) is 0 Å². The van der Waals surface area contributed by atoms with E-state index in [0.29, 0.717) is 28.1 Å². The van der Waals surface area contributed by atoms with Crippen LogP contribution >= 0.6 is 22.9 Å². The molecule has 2 rings (SSSR count). The lowest BCUT2D eigenvalue weighted by Gasteiger charge is -2.13. The summed E-state index contributed by atoms with van der Waals surface area (Å²) in [6.07, 6.45) is 0.954. The highest BCUT2D eigenvalue weighted by Gasteiger charge is 2.22. The van der Waals surface area contributed by atoms with Crippen molar-refractivity contribution in [3.05, 3.63) is 15.7 Å². The van der Waals surface area contributed by atoms with Crippen LogP contribution in [0, 0.1) is 12.8 Å². The molecule has 5 nitrogen and oxygen atoms in total. The number of nitrogens with one attached hydrogen (secondary N) is 1. The van der Waals surface area contributed by atoms with E-state index in [4.69, 9.17) is 16.3 Å². The van der Waals surface area contributed by atoms with E-state index in [-0.39, 0.29) is 17.3 Å². The van der Waals surface area contributed by atoms with Gasteiger partial charge in [0.05, 0.1) is 12.0 Å². The van der Waals surface area contributed by atoms with Gasteiger partial charge in [-0.3, -0.25) is 0 Å². The number of hydrogen-bond donors (Lipinski definition) is 1. The first-order valence-corrected chi connectivity index (χ1v) is 8.93. The molecule has 0 saturated carbocycles. The number of carbonyl (C=O) groups excluding carboxylic acids is 1. The minimum atomic E-state index is -0.315. The maximum absolute atomic E-state index is 12.3. The maximum atomic E-state index is 12.3. The summed E-state index contributed by atoms with van der Waals surface area (Å²) in [6.45, 7) is 10.5. The van der Waals surface area contributed by atoms with Crippen molar-refractivity contribution < 1.29 is 9.53 Å². The van der Waals surface area contributed by atoms with Crippen LogP contribution in [0.3, 0.4) is 0 Å². The monoisotopic (exact) mass is 355 g/mol. The summed E-state index contributed by atoms with van der Waals surface area (Å²) in [6, 6.07) is 0.250. The Morgan fingerprint density at radius 1 is 1.35 bits per heavy atom. The molecule has 0 spiro atoms. The average molecular weight is 356 g/mol. The van der Waals surface area contributed by atoms with Gasteiger partial charge in [-0.1, -0.05) is 20.8 Å². The fourth-order valence-corrected chi connectivity index (χ4v) is 3.35. The molecule has 0 aliphatic carbocycles. The second kappa shape index (κ2) is 7.45. The minimum absolute atomic E-state index is 0.173. The Kier molecular flexibility index (Phi) is 5.81. The first kappa shape index (κ1) is 17.9. The molecule has 1 atom stereocenters. The molecule has 0 bridgehead atoms. The fourth-order valence-electron chi connectivity index (χ4n) is 2.06. The summed E-state index contributed by atoms with van der Waals surface area (Å²) in [5.41, 5.74) is 0.834. The highest BCUT2D eigenvalue weighted by atomic mass is 35.5. The molecule has 23 heavy (non-hydrogen) atoms. The Labute approximate surface area is 145 Å². The number of halogens is 1. The summed E-state index contributed by atoms with van der Waals surface area (Å²) in [5, 5.41) is 4.35. The fraction of sp³-hybridized carbons (Fsp3) is 0.562. The van der Waals surface area contributed by atoms with E-state index in [1.807, 2.05) is 20.8 Å². The van der Waals surface area contributed by atoms with Crippen LogP contribution in [0.15, 0.2) is 0 Å². The second-order valence-electron chi connectivity index (χ2n) is 6.02. The van der Waals surface area contributed by atoms with Crippen LogP contribution in [0.5, 0.6) is 0 Å². The number of carbonyl (C=O) groups is 1.